The molecule has 0 aliphatic heterocycles. The Kier molecular flexibility index (Phi) is 7.98. The molecule has 1 aromatic rings. The molecule has 0 aliphatic rings. The van der Waals surface area contributed by atoms with Crippen molar-refractivity contribution < 1.29 is 37.1 Å². The minimum absolute atomic E-state index is 0.329. The molecule has 0 radical (unpaired) electrons. The van der Waals surface area contributed by atoms with Crippen LogP contribution in [-0.4, -0.2) is 41.6 Å². The molecule has 29 heavy (non-hydrogen) atoms. The van der Waals surface area contributed by atoms with Gasteiger partial charge in [0.15, 0.2) is 0 Å². The number of nitrogens with one attached hydrogen (secondary N) is 2. The van der Waals surface area contributed by atoms with Crippen LogP contribution >= 0.6 is 0 Å². The number of amides is 4. The Morgan fingerprint density at radius 1 is 1.10 bits per heavy atom. The molecule has 0 heterocycles. The summed E-state index contributed by atoms with van der Waals surface area (Å²) in [6.45, 7) is 0.0724. The first-order valence-corrected chi connectivity index (χ1v) is 8.31. The van der Waals surface area contributed by atoms with Crippen LogP contribution < -0.4 is 22.1 Å². The van der Waals surface area contributed by atoms with Crippen molar-refractivity contribution in [2.45, 2.75) is 44.1 Å². The van der Waals surface area contributed by atoms with Crippen LogP contribution in [0.25, 0.3) is 0 Å². The Labute approximate surface area is 163 Å². The highest BCUT2D eigenvalue weighted by Gasteiger charge is 2.58. The molecule has 1 rings (SSSR count). The van der Waals surface area contributed by atoms with E-state index in [2.05, 4.69) is 0 Å². The van der Waals surface area contributed by atoms with E-state index >= 15 is 0 Å². The Hall–Kier alpha value is -3.31. The Morgan fingerprint density at radius 2 is 1.69 bits per heavy atom. The number of alkyl carbamates (subject to hydrolysis) is 1. The van der Waals surface area contributed by atoms with E-state index in [4.69, 9.17) is 16.2 Å². The van der Waals surface area contributed by atoms with Crippen molar-refractivity contribution in [2.24, 2.45) is 11.5 Å². The summed E-state index contributed by atoms with van der Waals surface area (Å²) in [7, 11) is 0. The zero-order chi connectivity index (χ0) is 22.2. The number of ether oxygens (including phenoxy) is 1. The normalized spacial score (nSPS) is 14.2. The molecule has 9 nitrogen and oxygen atoms in total. The fourth-order valence-corrected chi connectivity index (χ4v) is 2.09. The van der Waals surface area contributed by atoms with E-state index in [1.807, 2.05) is 0 Å². The van der Waals surface area contributed by atoms with Gasteiger partial charge in [0.25, 0.3) is 5.91 Å². The predicted molar refractivity (Wildman–Crippen MR) is 93.8 cm³/mol. The number of alkyl halides is 3. The summed E-state index contributed by atoms with van der Waals surface area (Å²) in [6.07, 6.45) is -7.54. The zero-order valence-electron chi connectivity index (χ0n) is 15.4. The largest absolute Gasteiger partial charge is 0.445 e. The molecule has 0 fully saturated rings. The maximum atomic E-state index is 13.5. The van der Waals surface area contributed by atoms with E-state index in [1.165, 1.54) is 5.32 Å². The maximum Gasteiger partial charge on any atom is 0.420 e. The fourth-order valence-electron chi connectivity index (χ4n) is 2.09. The molecular formula is C17H21F3N4O5. The van der Waals surface area contributed by atoms with Gasteiger partial charge in [-0.3, -0.25) is 19.7 Å². The number of hydrogen-bond donors (Lipinski definition) is 4. The van der Waals surface area contributed by atoms with Gasteiger partial charge in [0.1, 0.15) is 12.6 Å². The van der Waals surface area contributed by atoms with Crippen molar-refractivity contribution in [2.75, 3.05) is 0 Å². The fraction of sp³-hybridized carbons (Fsp3) is 0.412. The summed E-state index contributed by atoms with van der Waals surface area (Å²) < 4.78 is 45.3. The number of hydrogen-bond acceptors (Lipinski definition) is 5. The van der Waals surface area contributed by atoms with Crippen LogP contribution in [0.3, 0.4) is 0 Å². The maximum absolute atomic E-state index is 13.5. The van der Waals surface area contributed by atoms with Crippen molar-refractivity contribution in [1.82, 2.24) is 10.6 Å². The lowest BCUT2D eigenvalue weighted by Gasteiger charge is -2.32. The highest BCUT2D eigenvalue weighted by Crippen LogP contribution is 2.31. The van der Waals surface area contributed by atoms with Gasteiger partial charge >= 0.3 is 12.3 Å². The quantitative estimate of drug-likeness (QED) is 0.459. The molecule has 0 aliphatic carbocycles. The lowest BCUT2D eigenvalue weighted by atomic mass is 9.99. The summed E-state index contributed by atoms with van der Waals surface area (Å²) in [6, 6.07) is 6.54. The molecule has 2 atom stereocenters. The van der Waals surface area contributed by atoms with Gasteiger partial charge in [-0.25, -0.2) is 4.79 Å². The summed E-state index contributed by atoms with van der Waals surface area (Å²) in [5.41, 5.74) is 7.04. The van der Waals surface area contributed by atoms with Crippen molar-refractivity contribution in [3.63, 3.8) is 0 Å². The third-order valence-electron chi connectivity index (χ3n) is 3.91. The summed E-state index contributed by atoms with van der Waals surface area (Å²) in [5.74, 6) is -3.77. The number of carbonyl (C=O) groups is 4. The van der Waals surface area contributed by atoms with Gasteiger partial charge in [0.2, 0.25) is 17.4 Å². The van der Waals surface area contributed by atoms with Crippen molar-refractivity contribution in [3.8, 4) is 0 Å². The van der Waals surface area contributed by atoms with E-state index in [1.54, 1.807) is 35.6 Å². The van der Waals surface area contributed by atoms with Gasteiger partial charge in [-0.1, -0.05) is 30.3 Å². The Balaban J connectivity index is 2.89. The molecule has 1 unspecified atom stereocenters. The molecule has 0 saturated heterocycles. The van der Waals surface area contributed by atoms with E-state index in [-0.39, 0.29) is 6.61 Å². The first-order chi connectivity index (χ1) is 13.4. The van der Waals surface area contributed by atoms with Crippen LogP contribution in [0.5, 0.6) is 0 Å². The van der Waals surface area contributed by atoms with Gasteiger partial charge in [-0.05, 0) is 18.9 Å². The van der Waals surface area contributed by atoms with Crippen LogP contribution in [0.4, 0.5) is 18.0 Å². The first-order valence-electron chi connectivity index (χ1n) is 8.31. The molecule has 0 bridgehead atoms. The van der Waals surface area contributed by atoms with Crippen molar-refractivity contribution in [3.05, 3.63) is 35.9 Å². The topological polar surface area (TPSA) is 154 Å². The number of rotatable bonds is 9. The molecule has 4 amide bonds. The van der Waals surface area contributed by atoms with Crippen molar-refractivity contribution in [1.29, 1.82) is 0 Å². The third-order valence-corrected chi connectivity index (χ3v) is 3.91. The summed E-state index contributed by atoms with van der Waals surface area (Å²) in [4.78, 5) is 46.3. The van der Waals surface area contributed by atoms with Crippen LogP contribution in [-0.2, 0) is 25.7 Å². The molecule has 6 N–H and O–H groups in total. The molecule has 12 heteroatoms. The SMILES string of the molecule is CC(NC(=O)OCc1ccccc1)(C(=O)N[C@@H](CCC(N)=O)C(N)=O)C(F)(F)F. The minimum atomic E-state index is -5.24. The third kappa shape index (κ3) is 6.97. The van der Waals surface area contributed by atoms with Gasteiger partial charge in [0.05, 0.1) is 0 Å². The number of halogens is 3. The van der Waals surface area contributed by atoms with E-state index < -0.39 is 54.4 Å². The Bertz CT molecular complexity index is 757. The number of carbonyl (C=O) groups excluding carboxylic acids is 4. The highest BCUT2D eigenvalue weighted by molar-refractivity contribution is 5.94. The van der Waals surface area contributed by atoms with Crippen LogP contribution in [0.1, 0.15) is 25.3 Å². The highest BCUT2D eigenvalue weighted by atomic mass is 19.4. The Morgan fingerprint density at radius 3 is 2.17 bits per heavy atom. The predicted octanol–water partition coefficient (Wildman–Crippen LogP) is 0.469. The molecule has 0 saturated carbocycles. The lowest BCUT2D eigenvalue weighted by molar-refractivity contribution is -0.194. The number of benzene rings is 1. The van der Waals surface area contributed by atoms with Crippen LogP contribution in [0, 0.1) is 0 Å². The summed E-state index contributed by atoms with van der Waals surface area (Å²) in [5, 5.41) is 3.26. The molecule has 1 aromatic carbocycles. The second-order valence-corrected chi connectivity index (χ2v) is 6.24. The van der Waals surface area contributed by atoms with Gasteiger partial charge < -0.3 is 21.5 Å². The lowest BCUT2D eigenvalue weighted by Crippen LogP contribution is -2.67. The average Bonchev–Trinajstić information content (AvgIpc) is 2.62. The summed E-state index contributed by atoms with van der Waals surface area (Å²) >= 11 is 0. The van der Waals surface area contributed by atoms with Crippen molar-refractivity contribution >= 4 is 23.8 Å². The van der Waals surface area contributed by atoms with E-state index in [9.17, 15) is 32.3 Å². The molecule has 0 spiro atoms. The van der Waals surface area contributed by atoms with Gasteiger partial charge in [-0.15, -0.1) is 0 Å². The standard InChI is InChI=1S/C17H21F3N4O5/c1-16(17(18,19)20,14(27)23-11(13(22)26)7-8-12(21)25)24-15(28)29-9-10-5-3-2-4-6-10/h2-6,11H,7-9H2,1H3,(H2,21,25)(H2,22,26)(H,23,27)(H,24,28)/t11-,16?/m0/s1. The van der Waals surface area contributed by atoms with E-state index in [0.29, 0.717) is 12.5 Å². The molecule has 160 valence electrons. The van der Waals surface area contributed by atoms with Gasteiger partial charge in [-0.2, -0.15) is 13.2 Å². The monoisotopic (exact) mass is 418 g/mol. The van der Waals surface area contributed by atoms with Crippen LogP contribution in [0.2, 0.25) is 0 Å². The second-order valence-electron chi connectivity index (χ2n) is 6.24. The molecule has 0 aromatic heterocycles. The average molecular weight is 418 g/mol. The van der Waals surface area contributed by atoms with Gasteiger partial charge in [0, 0.05) is 6.42 Å². The minimum Gasteiger partial charge on any atom is -0.445 e. The van der Waals surface area contributed by atoms with E-state index in [0.717, 1.165) is 0 Å². The number of primary amides is 2. The second kappa shape index (κ2) is 9.75. The zero-order valence-corrected chi connectivity index (χ0v) is 15.4. The number of nitrogens with two attached hydrogens (primary N) is 2. The first kappa shape index (κ1) is 23.7. The smallest absolute Gasteiger partial charge is 0.420 e. The van der Waals surface area contributed by atoms with Crippen LogP contribution in [0.15, 0.2) is 30.3 Å². The molecular weight excluding hydrogens is 397 g/mol.